The molecular formula is C6H7F3O3. The number of carbonyl (C=O) groups is 2. The largest absolute Gasteiger partial charge is 0.468 e. The zero-order valence-corrected chi connectivity index (χ0v) is 6.44. The van der Waals surface area contributed by atoms with Gasteiger partial charge in [0.25, 0.3) is 0 Å². The SMILES string of the molecule is COC(=O)[C@H](C(C)=O)C(F)(F)F. The maximum Gasteiger partial charge on any atom is 0.409 e. The molecule has 1 atom stereocenters. The molecule has 6 heteroatoms. The highest BCUT2D eigenvalue weighted by Crippen LogP contribution is 2.27. The van der Waals surface area contributed by atoms with Crippen molar-refractivity contribution in [1.82, 2.24) is 0 Å². The van der Waals surface area contributed by atoms with Crippen molar-refractivity contribution in [3.63, 3.8) is 0 Å². The quantitative estimate of drug-likeness (QED) is 0.473. The predicted molar refractivity (Wildman–Crippen MR) is 32.2 cm³/mol. The third kappa shape index (κ3) is 2.52. The van der Waals surface area contributed by atoms with Gasteiger partial charge >= 0.3 is 12.1 Å². The average Bonchev–Trinajstić information content (AvgIpc) is 1.83. The average molecular weight is 184 g/mol. The Bertz CT molecular complexity index is 197. The van der Waals surface area contributed by atoms with E-state index in [1.807, 2.05) is 0 Å². The molecule has 0 aliphatic rings. The number of carbonyl (C=O) groups excluding carboxylic acids is 2. The van der Waals surface area contributed by atoms with Gasteiger partial charge in [-0.3, -0.25) is 9.59 Å². The predicted octanol–water partition coefficient (Wildman–Crippen LogP) is 0.927. The zero-order chi connectivity index (χ0) is 9.94. The van der Waals surface area contributed by atoms with E-state index in [0.29, 0.717) is 6.92 Å². The first kappa shape index (κ1) is 10.9. The van der Waals surface area contributed by atoms with Crippen LogP contribution in [0.1, 0.15) is 6.92 Å². The molecule has 0 aliphatic carbocycles. The van der Waals surface area contributed by atoms with E-state index in [1.165, 1.54) is 0 Å². The number of hydrogen-bond donors (Lipinski definition) is 0. The van der Waals surface area contributed by atoms with Crippen molar-refractivity contribution < 1.29 is 27.5 Å². The molecule has 0 radical (unpaired) electrons. The van der Waals surface area contributed by atoms with Crippen molar-refractivity contribution in [2.24, 2.45) is 5.92 Å². The standard InChI is InChI=1S/C6H7F3O3/c1-3(10)4(5(11)12-2)6(7,8)9/h4H,1-2H3/t4-/m0/s1. The Kier molecular flexibility index (Phi) is 3.24. The lowest BCUT2D eigenvalue weighted by molar-refractivity contribution is -0.195. The summed E-state index contributed by atoms with van der Waals surface area (Å²) in [5, 5.41) is 0. The molecule has 0 heterocycles. The van der Waals surface area contributed by atoms with Crippen LogP contribution >= 0.6 is 0 Å². The fourth-order valence-corrected chi connectivity index (χ4v) is 0.648. The van der Waals surface area contributed by atoms with Gasteiger partial charge in [0.05, 0.1) is 7.11 Å². The van der Waals surface area contributed by atoms with Crippen LogP contribution in [0.4, 0.5) is 13.2 Å². The molecule has 0 aliphatic heterocycles. The Labute approximate surface area is 66.5 Å². The van der Waals surface area contributed by atoms with Crippen molar-refractivity contribution in [3.8, 4) is 0 Å². The smallest absolute Gasteiger partial charge is 0.409 e. The molecule has 0 aromatic heterocycles. The van der Waals surface area contributed by atoms with Crippen LogP contribution < -0.4 is 0 Å². The van der Waals surface area contributed by atoms with Crippen LogP contribution in [0, 0.1) is 5.92 Å². The number of ether oxygens (including phenoxy) is 1. The van der Waals surface area contributed by atoms with Gasteiger partial charge in [0.2, 0.25) is 5.92 Å². The second-order valence-electron chi connectivity index (χ2n) is 2.11. The van der Waals surface area contributed by atoms with Gasteiger partial charge in [0.1, 0.15) is 0 Å². The monoisotopic (exact) mass is 184 g/mol. The molecule has 0 rings (SSSR count). The summed E-state index contributed by atoms with van der Waals surface area (Å²) in [5.41, 5.74) is 0. The van der Waals surface area contributed by atoms with E-state index in [-0.39, 0.29) is 0 Å². The molecule has 0 unspecified atom stereocenters. The number of methoxy groups -OCH3 is 1. The van der Waals surface area contributed by atoms with Gasteiger partial charge in [0, 0.05) is 0 Å². The number of Topliss-reactive ketones (excluding diaryl/α,β-unsaturated/α-hetero) is 1. The first-order valence-corrected chi connectivity index (χ1v) is 2.95. The third-order valence-electron chi connectivity index (χ3n) is 1.17. The molecule has 3 nitrogen and oxygen atoms in total. The van der Waals surface area contributed by atoms with Crippen LogP contribution in [0.2, 0.25) is 0 Å². The van der Waals surface area contributed by atoms with E-state index in [2.05, 4.69) is 4.74 Å². The molecular weight excluding hydrogens is 177 g/mol. The van der Waals surface area contributed by atoms with Gasteiger partial charge < -0.3 is 4.74 Å². The minimum Gasteiger partial charge on any atom is -0.468 e. The molecule has 0 fully saturated rings. The van der Waals surface area contributed by atoms with Crippen LogP contribution in [-0.4, -0.2) is 25.0 Å². The van der Waals surface area contributed by atoms with Crippen molar-refractivity contribution in [3.05, 3.63) is 0 Å². The van der Waals surface area contributed by atoms with Crippen molar-refractivity contribution >= 4 is 11.8 Å². The lowest BCUT2D eigenvalue weighted by Gasteiger charge is -2.14. The first-order valence-electron chi connectivity index (χ1n) is 2.95. The van der Waals surface area contributed by atoms with Crippen LogP contribution in [0.3, 0.4) is 0 Å². The zero-order valence-electron chi connectivity index (χ0n) is 6.44. The Hall–Kier alpha value is -1.07. The summed E-state index contributed by atoms with van der Waals surface area (Å²) in [4.78, 5) is 20.8. The number of alkyl halides is 3. The van der Waals surface area contributed by atoms with E-state index >= 15 is 0 Å². The van der Waals surface area contributed by atoms with Crippen molar-refractivity contribution in [2.45, 2.75) is 13.1 Å². The number of halogens is 3. The molecule has 12 heavy (non-hydrogen) atoms. The van der Waals surface area contributed by atoms with Gasteiger partial charge in [-0.05, 0) is 6.92 Å². The minimum atomic E-state index is -4.86. The van der Waals surface area contributed by atoms with Gasteiger partial charge in [-0.1, -0.05) is 0 Å². The van der Waals surface area contributed by atoms with E-state index in [0.717, 1.165) is 7.11 Å². The minimum absolute atomic E-state index is 0.690. The summed E-state index contributed by atoms with van der Waals surface area (Å²) in [5.74, 6) is -5.49. The number of ketones is 1. The lowest BCUT2D eigenvalue weighted by Crippen LogP contribution is -2.36. The molecule has 0 aromatic carbocycles. The maximum absolute atomic E-state index is 11.9. The van der Waals surface area contributed by atoms with E-state index in [1.54, 1.807) is 0 Å². The third-order valence-corrected chi connectivity index (χ3v) is 1.17. The highest BCUT2D eigenvalue weighted by molar-refractivity contribution is 5.98. The van der Waals surface area contributed by atoms with Gasteiger partial charge in [-0.25, -0.2) is 0 Å². The summed E-state index contributed by atoms with van der Waals surface area (Å²) < 4.78 is 39.5. The summed E-state index contributed by atoms with van der Waals surface area (Å²) in [6.45, 7) is 0.690. The summed E-state index contributed by atoms with van der Waals surface area (Å²) in [6, 6.07) is 0. The molecule has 0 saturated heterocycles. The molecule has 0 saturated carbocycles. The molecule has 0 N–H and O–H groups in total. The van der Waals surface area contributed by atoms with Gasteiger partial charge in [0.15, 0.2) is 5.78 Å². The van der Waals surface area contributed by atoms with Crippen LogP contribution in [0.5, 0.6) is 0 Å². The van der Waals surface area contributed by atoms with Crippen LogP contribution in [-0.2, 0) is 14.3 Å². The fraction of sp³-hybridized carbons (Fsp3) is 0.667. The van der Waals surface area contributed by atoms with E-state index in [9.17, 15) is 22.8 Å². The summed E-state index contributed by atoms with van der Waals surface area (Å²) in [7, 11) is 0.796. The Balaban J connectivity index is 4.68. The van der Waals surface area contributed by atoms with Gasteiger partial charge in [-0.15, -0.1) is 0 Å². The highest BCUT2D eigenvalue weighted by atomic mass is 19.4. The summed E-state index contributed by atoms with van der Waals surface area (Å²) >= 11 is 0. The second kappa shape index (κ2) is 3.55. The molecule has 0 spiro atoms. The Morgan fingerprint density at radius 2 is 1.75 bits per heavy atom. The topological polar surface area (TPSA) is 43.4 Å². The van der Waals surface area contributed by atoms with E-state index < -0.39 is 23.8 Å². The van der Waals surface area contributed by atoms with E-state index in [4.69, 9.17) is 0 Å². The highest BCUT2D eigenvalue weighted by Gasteiger charge is 2.49. The molecule has 0 aromatic rings. The maximum atomic E-state index is 11.9. The number of rotatable bonds is 2. The van der Waals surface area contributed by atoms with Crippen molar-refractivity contribution in [1.29, 1.82) is 0 Å². The molecule has 0 bridgehead atoms. The Morgan fingerprint density at radius 1 is 1.33 bits per heavy atom. The number of hydrogen-bond acceptors (Lipinski definition) is 3. The summed E-state index contributed by atoms with van der Waals surface area (Å²) in [6.07, 6.45) is -4.86. The van der Waals surface area contributed by atoms with Gasteiger partial charge in [-0.2, -0.15) is 13.2 Å². The van der Waals surface area contributed by atoms with Crippen LogP contribution in [0.15, 0.2) is 0 Å². The Morgan fingerprint density at radius 3 is 1.83 bits per heavy atom. The lowest BCUT2D eigenvalue weighted by atomic mass is 10.1. The van der Waals surface area contributed by atoms with Crippen LogP contribution in [0.25, 0.3) is 0 Å². The fourth-order valence-electron chi connectivity index (χ4n) is 0.648. The first-order chi connectivity index (χ1) is 5.30. The molecule has 0 amide bonds. The molecule has 70 valence electrons. The normalized spacial score (nSPS) is 13.8. The van der Waals surface area contributed by atoms with Crippen molar-refractivity contribution in [2.75, 3.05) is 7.11 Å². The number of esters is 1. The second-order valence-corrected chi connectivity index (χ2v) is 2.11.